The van der Waals surface area contributed by atoms with E-state index in [1.54, 1.807) is 0 Å². The van der Waals surface area contributed by atoms with Gasteiger partial charge in [-0.2, -0.15) is 0 Å². The normalized spacial score (nSPS) is 17.1. The zero-order chi connectivity index (χ0) is 20.7. The lowest BCUT2D eigenvalue weighted by Gasteiger charge is -2.35. The third kappa shape index (κ3) is 3.83. The molecule has 29 heavy (non-hydrogen) atoms. The third-order valence-electron chi connectivity index (χ3n) is 6.28. The van der Waals surface area contributed by atoms with Gasteiger partial charge in [0.2, 0.25) is 5.91 Å². The molecule has 4 rings (SSSR count). The average Bonchev–Trinajstić information content (AvgIpc) is 3.52. The molecule has 2 fully saturated rings. The number of amides is 2. The predicted octanol–water partition coefficient (Wildman–Crippen LogP) is 3.91. The van der Waals surface area contributed by atoms with Crippen molar-refractivity contribution in [2.45, 2.75) is 46.5 Å². The second-order valence-electron chi connectivity index (χ2n) is 8.76. The quantitative estimate of drug-likeness (QED) is 0.791. The van der Waals surface area contributed by atoms with Gasteiger partial charge in [-0.3, -0.25) is 9.59 Å². The minimum atomic E-state index is 0.0710. The zero-order valence-corrected chi connectivity index (χ0v) is 17.9. The molecule has 2 aliphatic rings. The van der Waals surface area contributed by atoms with Crippen LogP contribution >= 0.6 is 0 Å². The van der Waals surface area contributed by atoms with E-state index >= 15 is 0 Å². The van der Waals surface area contributed by atoms with E-state index in [9.17, 15) is 9.59 Å². The molecule has 0 radical (unpaired) electrons. The van der Waals surface area contributed by atoms with Crippen molar-refractivity contribution in [3.05, 3.63) is 52.8 Å². The van der Waals surface area contributed by atoms with Gasteiger partial charge in [-0.15, -0.1) is 0 Å². The minimum absolute atomic E-state index is 0.0710. The van der Waals surface area contributed by atoms with Gasteiger partial charge < -0.3 is 14.4 Å². The number of hydrogen-bond donors (Lipinski definition) is 0. The first kappa shape index (κ1) is 19.7. The highest BCUT2D eigenvalue weighted by Gasteiger charge is 2.35. The molecule has 5 heteroatoms. The van der Waals surface area contributed by atoms with Gasteiger partial charge >= 0.3 is 0 Å². The molecule has 0 atom stereocenters. The van der Waals surface area contributed by atoms with Gasteiger partial charge in [-0.25, -0.2) is 0 Å². The van der Waals surface area contributed by atoms with Crippen molar-refractivity contribution in [1.82, 2.24) is 14.4 Å². The molecule has 0 unspecified atom stereocenters. The molecule has 1 aliphatic heterocycles. The van der Waals surface area contributed by atoms with Crippen molar-refractivity contribution in [1.29, 1.82) is 0 Å². The highest BCUT2D eigenvalue weighted by atomic mass is 16.2. The number of nitrogens with zero attached hydrogens (tertiary/aromatic N) is 3. The number of benzene rings is 1. The molecule has 154 valence electrons. The van der Waals surface area contributed by atoms with E-state index in [4.69, 9.17) is 0 Å². The fraction of sp³-hybridized carbons (Fsp3) is 0.500. The van der Waals surface area contributed by atoms with Gasteiger partial charge in [0, 0.05) is 49.2 Å². The van der Waals surface area contributed by atoms with Crippen molar-refractivity contribution in [2.75, 3.05) is 26.2 Å². The van der Waals surface area contributed by atoms with Gasteiger partial charge in [0.25, 0.3) is 5.91 Å². The SMILES string of the molecule is Cc1cc(C(=O)N2CCN(C(=O)C3CC3)CC2)c(C)n1-c1ccc(C(C)C)cc1. The number of carbonyl (C=O) groups is 2. The van der Waals surface area contributed by atoms with Crippen molar-refractivity contribution in [3.8, 4) is 5.69 Å². The number of piperazine rings is 1. The van der Waals surface area contributed by atoms with Crippen molar-refractivity contribution in [2.24, 2.45) is 5.92 Å². The van der Waals surface area contributed by atoms with Gasteiger partial charge in [0.1, 0.15) is 0 Å². The van der Waals surface area contributed by atoms with E-state index in [2.05, 4.69) is 42.7 Å². The highest BCUT2D eigenvalue weighted by Crippen LogP contribution is 2.31. The van der Waals surface area contributed by atoms with Crippen LogP contribution < -0.4 is 0 Å². The van der Waals surface area contributed by atoms with Crippen LogP contribution in [0.3, 0.4) is 0 Å². The molecule has 1 saturated heterocycles. The smallest absolute Gasteiger partial charge is 0.255 e. The molecule has 0 bridgehead atoms. The molecule has 5 nitrogen and oxygen atoms in total. The summed E-state index contributed by atoms with van der Waals surface area (Å²) >= 11 is 0. The summed E-state index contributed by atoms with van der Waals surface area (Å²) in [5.41, 5.74) is 5.19. The molecule has 1 aromatic heterocycles. The molecule has 2 amide bonds. The first-order valence-corrected chi connectivity index (χ1v) is 10.7. The monoisotopic (exact) mass is 393 g/mol. The summed E-state index contributed by atoms with van der Waals surface area (Å²) in [7, 11) is 0. The minimum Gasteiger partial charge on any atom is -0.339 e. The summed E-state index contributed by atoms with van der Waals surface area (Å²) in [5, 5.41) is 0. The lowest BCUT2D eigenvalue weighted by molar-refractivity contribution is -0.134. The maximum atomic E-state index is 13.2. The maximum Gasteiger partial charge on any atom is 0.255 e. The Labute approximate surface area is 173 Å². The Morgan fingerprint density at radius 3 is 2.07 bits per heavy atom. The van der Waals surface area contributed by atoms with Crippen molar-refractivity contribution in [3.63, 3.8) is 0 Å². The van der Waals surface area contributed by atoms with E-state index in [0.29, 0.717) is 32.1 Å². The van der Waals surface area contributed by atoms with E-state index in [0.717, 1.165) is 35.5 Å². The lowest BCUT2D eigenvalue weighted by atomic mass is 10.0. The molecular formula is C24H31N3O2. The topological polar surface area (TPSA) is 45.6 Å². The second-order valence-corrected chi connectivity index (χ2v) is 8.76. The van der Waals surface area contributed by atoms with Gasteiger partial charge in [-0.1, -0.05) is 26.0 Å². The van der Waals surface area contributed by atoms with Crippen LogP contribution in [0.5, 0.6) is 0 Å². The Balaban J connectivity index is 1.50. The van der Waals surface area contributed by atoms with Gasteiger partial charge in [-0.05, 0) is 56.4 Å². The highest BCUT2D eigenvalue weighted by molar-refractivity contribution is 5.96. The summed E-state index contributed by atoms with van der Waals surface area (Å²) in [4.78, 5) is 29.3. The van der Waals surface area contributed by atoms with Crippen LogP contribution in [-0.4, -0.2) is 52.4 Å². The number of hydrogen-bond acceptors (Lipinski definition) is 2. The molecule has 2 aromatic rings. The summed E-state index contributed by atoms with van der Waals surface area (Å²) in [6, 6.07) is 10.6. The number of carbonyl (C=O) groups excluding carboxylic acids is 2. The summed E-state index contributed by atoms with van der Waals surface area (Å²) in [6.45, 7) is 11.0. The van der Waals surface area contributed by atoms with Crippen LogP contribution in [0.15, 0.2) is 30.3 Å². The average molecular weight is 394 g/mol. The Hall–Kier alpha value is -2.56. The van der Waals surface area contributed by atoms with Crippen LogP contribution in [0.2, 0.25) is 0 Å². The fourth-order valence-corrected chi connectivity index (χ4v) is 4.27. The summed E-state index contributed by atoms with van der Waals surface area (Å²) < 4.78 is 2.16. The number of rotatable bonds is 4. The Bertz CT molecular complexity index is 914. The standard InChI is InChI=1S/C24H31N3O2/c1-16(2)19-7-9-21(10-8-19)27-17(3)15-22(18(27)4)24(29)26-13-11-25(12-14-26)23(28)20-5-6-20/h7-10,15-16,20H,5-6,11-14H2,1-4H3. The number of aromatic nitrogens is 1. The van der Waals surface area contributed by atoms with Crippen LogP contribution in [-0.2, 0) is 4.79 Å². The number of aryl methyl sites for hydroxylation is 1. The Morgan fingerprint density at radius 1 is 0.931 bits per heavy atom. The zero-order valence-electron chi connectivity index (χ0n) is 17.9. The predicted molar refractivity (Wildman–Crippen MR) is 115 cm³/mol. The molecule has 1 aliphatic carbocycles. The van der Waals surface area contributed by atoms with Crippen molar-refractivity contribution < 1.29 is 9.59 Å². The second kappa shape index (κ2) is 7.69. The van der Waals surface area contributed by atoms with Crippen molar-refractivity contribution >= 4 is 11.8 Å². The largest absolute Gasteiger partial charge is 0.339 e. The fourth-order valence-electron chi connectivity index (χ4n) is 4.27. The lowest BCUT2D eigenvalue weighted by Crippen LogP contribution is -2.51. The Kier molecular flexibility index (Phi) is 5.24. The van der Waals surface area contributed by atoms with Gasteiger partial charge in [0.15, 0.2) is 0 Å². The van der Waals surface area contributed by atoms with E-state index < -0.39 is 0 Å². The molecule has 0 spiro atoms. The molecule has 2 heterocycles. The summed E-state index contributed by atoms with van der Waals surface area (Å²) in [6.07, 6.45) is 2.06. The van der Waals surface area contributed by atoms with E-state index in [1.807, 2.05) is 29.7 Å². The van der Waals surface area contributed by atoms with Crippen LogP contribution in [0, 0.1) is 19.8 Å². The molecular weight excluding hydrogens is 362 g/mol. The van der Waals surface area contributed by atoms with E-state index in [1.165, 1.54) is 5.56 Å². The maximum absolute atomic E-state index is 13.2. The summed E-state index contributed by atoms with van der Waals surface area (Å²) in [5.74, 6) is 1.10. The van der Waals surface area contributed by atoms with Gasteiger partial charge in [0.05, 0.1) is 5.56 Å². The van der Waals surface area contributed by atoms with Crippen LogP contribution in [0.4, 0.5) is 0 Å². The third-order valence-corrected chi connectivity index (χ3v) is 6.28. The first-order chi connectivity index (χ1) is 13.9. The molecule has 0 N–H and O–H groups in total. The van der Waals surface area contributed by atoms with E-state index in [-0.39, 0.29) is 17.7 Å². The molecule has 1 saturated carbocycles. The van der Waals surface area contributed by atoms with Crippen LogP contribution in [0.25, 0.3) is 5.69 Å². The Morgan fingerprint density at radius 2 is 1.52 bits per heavy atom. The van der Waals surface area contributed by atoms with Crippen LogP contribution in [0.1, 0.15) is 59.9 Å². The first-order valence-electron chi connectivity index (χ1n) is 10.7. The molecule has 1 aromatic carbocycles.